The van der Waals surface area contributed by atoms with E-state index in [0.29, 0.717) is 0 Å². The van der Waals surface area contributed by atoms with Crippen molar-refractivity contribution in [3.05, 3.63) is 60.7 Å². The van der Waals surface area contributed by atoms with Gasteiger partial charge in [-0.15, -0.1) is 0 Å². The van der Waals surface area contributed by atoms with E-state index in [-0.39, 0.29) is 12.5 Å². The molecular weight excluding hydrogens is 304 g/mol. The van der Waals surface area contributed by atoms with Gasteiger partial charge in [-0.3, -0.25) is 9.59 Å². The summed E-state index contributed by atoms with van der Waals surface area (Å²) in [5.41, 5.74) is 2.87. The van der Waals surface area contributed by atoms with Crippen molar-refractivity contribution in [1.29, 1.82) is 0 Å². The van der Waals surface area contributed by atoms with Crippen LogP contribution in [-0.2, 0) is 16.1 Å². The molecular formula is C19H18N2O3. The quantitative estimate of drug-likeness (QED) is 0.759. The van der Waals surface area contributed by atoms with Gasteiger partial charge in [-0.25, -0.2) is 0 Å². The number of nitrogens with one attached hydrogen (secondary N) is 1. The zero-order chi connectivity index (χ0) is 17.1. The van der Waals surface area contributed by atoms with Gasteiger partial charge < -0.3 is 15.0 Å². The van der Waals surface area contributed by atoms with E-state index < -0.39 is 12.0 Å². The molecule has 1 amide bonds. The average molecular weight is 322 g/mol. The number of rotatable bonds is 5. The predicted molar refractivity (Wildman–Crippen MR) is 92.6 cm³/mol. The van der Waals surface area contributed by atoms with Crippen LogP contribution in [0.5, 0.6) is 0 Å². The Kier molecular flexibility index (Phi) is 4.33. The van der Waals surface area contributed by atoms with E-state index in [9.17, 15) is 9.59 Å². The van der Waals surface area contributed by atoms with Crippen molar-refractivity contribution in [2.75, 3.05) is 0 Å². The Morgan fingerprint density at radius 2 is 1.75 bits per heavy atom. The van der Waals surface area contributed by atoms with Crippen molar-refractivity contribution in [2.24, 2.45) is 0 Å². The number of carboxylic acid groups (broad SMARTS) is 1. The van der Waals surface area contributed by atoms with Crippen LogP contribution in [0.15, 0.2) is 60.7 Å². The van der Waals surface area contributed by atoms with Crippen molar-refractivity contribution >= 4 is 22.8 Å². The molecule has 0 aliphatic rings. The lowest BCUT2D eigenvalue weighted by Gasteiger charge is -2.13. The third-order valence-corrected chi connectivity index (χ3v) is 3.93. The van der Waals surface area contributed by atoms with Gasteiger partial charge in [0.25, 0.3) is 0 Å². The number of carboxylic acids is 1. The maximum Gasteiger partial charge on any atom is 0.325 e. The molecule has 0 radical (unpaired) electrons. The molecule has 0 bridgehead atoms. The second-order valence-corrected chi connectivity index (χ2v) is 5.67. The summed E-state index contributed by atoms with van der Waals surface area (Å²) in [7, 11) is 0. The monoisotopic (exact) mass is 322 g/mol. The number of carbonyl (C=O) groups is 2. The standard InChI is InChI=1S/C19H18N2O3/c1-13(19(23)24)20-18(22)12-21-16-10-6-5-9-15(16)11-17(21)14-7-3-2-4-8-14/h2-11,13H,12H2,1H3,(H,20,22)(H,23,24). The SMILES string of the molecule is CC(NC(=O)Cn1c(-c2ccccc2)cc2ccccc21)C(=O)O. The molecule has 0 fully saturated rings. The number of amides is 1. The Balaban J connectivity index is 1.99. The zero-order valence-corrected chi connectivity index (χ0v) is 13.3. The van der Waals surface area contributed by atoms with E-state index in [2.05, 4.69) is 5.32 Å². The highest BCUT2D eigenvalue weighted by atomic mass is 16.4. The van der Waals surface area contributed by atoms with Crippen LogP contribution in [0.2, 0.25) is 0 Å². The summed E-state index contributed by atoms with van der Waals surface area (Å²) in [5, 5.41) is 12.5. The third kappa shape index (κ3) is 3.15. The van der Waals surface area contributed by atoms with Crippen LogP contribution >= 0.6 is 0 Å². The molecule has 24 heavy (non-hydrogen) atoms. The molecule has 2 aromatic carbocycles. The summed E-state index contributed by atoms with van der Waals surface area (Å²) >= 11 is 0. The molecule has 0 spiro atoms. The van der Waals surface area contributed by atoms with Gasteiger partial charge in [-0.1, -0.05) is 48.5 Å². The van der Waals surface area contributed by atoms with E-state index in [4.69, 9.17) is 5.11 Å². The Morgan fingerprint density at radius 3 is 2.46 bits per heavy atom. The lowest BCUT2D eigenvalue weighted by atomic mass is 10.1. The van der Waals surface area contributed by atoms with Gasteiger partial charge in [0.15, 0.2) is 0 Å². The molecule has 3 rings (SSSR count). The fourth-order valence-corrected chi connectivity index (χ4v) is 2.72. The molecule has 2 N–H and O–H groups in total. The normalized spacial score (nSPS) is 12.0. The molecule has 0 aliphatic heterocycles. The number of aliphatic carboxylic acids is 1. The van der Waals surface area contributed by atoms with Crippen LogP contribution in [0, 0.1) is 0 Å². The molecule has 5 nitrogen and oxygen atoms in total. The van der Waals surface area contributed by atoms with Gasteiger partial charge in [0, 0.05) is 16.6 Å². The van der Waals surface area contributed by atoms with Gasteiger partial charge in [0.2, 0.25) is 5.91 Å². The number of para-hydroxylation sites is 1. The van der Waals surface area contributed by atoms with Gasteiger partial charge in [0.1, 0.15) is 12.6 Å². The summed E-state index contributed by atoms with van der Waals surface area (Å²) in [4.78, 5) is 23.2. The fourth-order valence-electron chi connectivity index (χ4n) is 2.72. The van der Waals surface area contributed by atoms with E-state index >= 15 is 0 Å². The minimum atomic E-state index is -1.05. The van der Waals surface area contributed by atoms with Crippen molar-refractivity contribution in [3.8, 4) is 11.3 Å². The topological polar surface area (TPSA) is 71.3 Å². The second-order valence-electron chi connectivity index (χ2n) is 5.67. The summed E-state index contributed by atoms with van der Waals surface area (Å²) in [6.07, 6.45) is 0. The molecule has 1 unspecified atom stereocenters. The summed E-state index contributed by atoms with van der Waals surface area (Å²) < 4.78 is 1.91. The lowest BCUT2D eigenvalue weighted by molar-refractivity contribution is -0.141. The summed E-state index contributed by atoms with van der Waals surface area (Å²) in [6.45, 7) is 1.52. The first-order valence-corrected chi connectivity index (χ1v) is 7.72. The maximum absolute atomic E-state index is 12.3. The highest BCUT2D eigenvalue weighted by Crippen LogP contribution is 2.28. The van der Waals surface area contributed by atoms with Crippen LogP contribution in [0.3, 0.4) is 0 Å². The number of fused-ring (bicyclic) bond motifs is 1. The number of carbonyl (C=O) groups excluding carboxylic acids is 1. The van der Waals surface area contributed by atoms with Crippen LogP contribution in [0.25, 0.3) is 22.2 Å². The highest BCUT2D eigenvalue weighted by Gasteiger charge is 2.17. The van der Waals surface area contributed by atoms with Crippen LogP contribution in [-0.4, -0.2) is 27.6 Å². The summed E-state index contributed by atoms with van der Waals surface area (Å²) in [6, 6.07) is 18.8. The molecule has 0 saturated heterocycles. The van der Waals surface area contributed by atoms with Crippen molar-refractivity contribution in [2.45, 2.75) is 19.5 Å². The number of nitrogens with zero attached hydrogens (tertiary/aromatic N) is 1. The Labute approximate surface area is 139 Å². The van der Waals surface area contributed by atoms with E-state index in [1.54, 1.807) is 0 Å². The maximum atomic E-state index is 12.3. The molecule has 0 aliphatic carbocycles. The molecule has 1 heterocycles. The Hall–Kier alpha value is -3.08. The molecule has 122 valence electrons. The molecule has 3 aromatic rings. The largest absolute Gasteiger partial charge is 0.480 e. The number of hydrogen-bond acceptors (Lipinski definition) is 2. The molecule has 1 aromatic heterocycles. The van der Waals surface area contributed by atoms with Crippen LogP contribution < -0.4 is 5.32 Å². The predicted octanol–water partition coefficient (Wildman–Crippen LogP) is 2.90. The molecule has 1 atom stereocenters. The van der Waals surface area contributed by atoms with Gasteiger partial charge in [0.05, 0.1) is 0 Å². The second kappa shape index (κ2) is 6.58. The third-order valence-electron chi connectivity index (χ3n) is 3.93. The Morgan fingerprint density at radius 1 is 1.08 bits per heavy atom. The van der Waals surface area contributed by atoms with E-state index in [1.165, 1.54) is 6.92 Å². The highest BCUT2D eigenvalue weighted by molar-refractivity contribution is 5.90. The van der Waals surface area contributed by atoms with E-state index in [1.807, 2.05) is 65.2 Å². The van der Waals surface area contributed by atoms with E-state index in [0.717, 1.165) is 22.2 Å². The minimum Gasteiger partial charge on any atom is -0.480 e. The fraction of sp³-hybridized carbons (Fsp3) is 0.158. The van der Waals surface area contributed by atoms with Gasteiger partial charge >= 0.3 is 5.97 Å². The average Bonchev–Trinajstić information content (AvgIpc) is 2.94. The summed E-state index contributed by atoms with van der Waals surface area (Å²) in [5.74, 6) is -1.38. The first kappa shape index (κ1) is 15.8. The van der Waals surface area contributed by atoms with Crippen molar-refractivity contribution in [1.82, 2.24) is 9.88 Å². The lowest BCUT2D eigenvalue weighted by Crippen LogP contribution is -2.40. The smallest absolute Gasteiger partial charge is 0.325 e. The number of hydrogen-bond donors (Lipinski definition) is 2. The molecule has 5 heteroatoms. The minimum absolute atomic E-state index is 0.0648. The van der Waals surface area contributed by atoms with Crippen LogP contribution in [0.1, 0.15) is 6.92 Å². The Bertz CT molecular complexity index is 884. The number of benzene rings is 2. The first-order valence-electron chi connectivity index (χ1n) is 7.72. The van der Waals surface area contributed by atoms with Gasteiger partial charge in [-0.05, 0) is 24.6 Å². The van der Waals surface area contributed by atoms with Crippen molar-refractivity contribution < 1.29 is 14.7 Å². The van der Waals surface area contributed by atoms with Gasteiger partial charge in [-0.2, -0.15) is 0 Å². The number of aromatic nitrogens is 1. The zero-order valence-electron chi connectivity index (χ0n) is 13.3. The van der Waals surface area contributed by atoms with Crippen LogP contribution in [0.4, 0.5) is 0 Å². The van der Waals surface area contributed by atoms with Crippen molar-refractivity contribution in [3.63, 3.8) is 0 Å². The first-order chi connectivity index (χ1) is 11.6. The molecule has 0 saturated carbocycles.